The Morgan fingerprint density at radius 2 is 0.652 bits per heavy atom. The van der Waals surface area contributed by atoms with Crippen LogP contribution in [0.25, 0.3) is 0 Å². The Labute approximate surface area is 318 Å². The van der Waals surface area contributed by atoms with E-state index in [1.54, 1.807) is 0 Å². The summed E-state index contributed by atoms with van der Waals surface area (Å²) >= 11 is 20.1. The van der Waals surface area contributed by atoms with Crippen molar-refractivity contribution >= 4 is 88.1 Å². The van der Waals surface area contributed by atoms with Gasteiger partial charge >= 0.3 is 254 Å². The van der Waals surface area contributed by atoms with Crippen LogP contribution in [-0.2, 0) is 0 Å². The van der Waals surface area contributed by atoms with Crippen LogP contribution in [0.2, 0.25) is 66.5 Å². The van der Waals surface area contributed by atoms with Crippen molar-refractivity contribution in [3.8, 4) is 0 Å². The first kappa shape index (κ1) is 50.7. The summed E-state index contributed by atoms with van der Waals surface area (Å²) < 4.78 is 0. The second kappa shape index (κ2) is 14.8. The van der Waals surface area contributed by atoms with Crippen LogP contribution < -0.4 is 0 Å². The third kappa shape index (κ3) is 9.40. The molecule has 0 aliphatic rings. The Kier molecular flexibility index (Phi) is 16.3. The largest absolute Gasteiger partial charge is 0.0703 e. The van der Waals surface area contributed by atoms with E-state index in [4.69, 9.17) is 22.2 Å². The van der Waals surface area contributed by atoms with Crippen LogP contribution in [0.1, 0.15) is 166 Å². The molecule has 0 nitrogen and oxygen atoms in total. The average molecular weight is 857 g/mol. The van der Waals surface area contributed by atoms with E-state index in [2.05, 4.69) is 208 Å². The van der Waals surface area contributed by atoms with Crippen molar-refractivity contribution in [3.63, 3.8) is 0 Å². The summed E-state index contributed by atoms with van der Waals surface area (Å²) in [7, 11) is -7.63. The number of rotatable bonds is 5. The second-order valence-electron chi connectivity index (χ2n) is 23.3. The first-order valence-corrected chi connectivity index (χ1v) is 42.5. The van der Waals surface area contributed by atoms with E-state index in [0.717, 1.165) is 0 Å². The first-order chi connectivity index (χ1) is 19.2. The second-order valence-corrected chi connectivity index (χ2v) is 92.3. The molecule has 0 fully saturated rings. The molecule has 0 aliphatic carbocycles. The van der Waals surface area contributed by atoms with Gasteiger partial charge in [-0.15, -0.1) is 0 Å². The van der Waals surface area contributed by atoms with E-state index < -0.39 is 41.7 Å². The van der Waals surface area contributed by atoms with Gasteiger partial charge in [-0.25, -0.2) is 0 Å². The van der Waals surface area contributed by atoms with E-state index in [1.165, 1.54) is 0 Å². The van der Waals surface area contributed by atoms with Crippen LogP contribution >= 0.6 is 22.2 Å². The summed E-state index contributed by atoms with van der Waals surface area (Å²) in [6, 6.07) is 0. The standard InChI is InChI=1S/C27H63Cl2GeSi6.C9H21Si/c1-22(2,3)33(19,23(4,5)6)31(28)36(29,35(21,26(13,14)15)27(16,17)18)32(30)34(20,24(7,8)9)25(10,11)12;1-8(2,3)10(7)9(4,5)6/h1-21H3;1-7H3/t36-;/m1./s1. The minimum Gasteiger partial charge on any atom is -0.0703 e. The molecule has 0 amide bonds. The Balaban J connectivity index is 0. The summed E-state index contributed by atoms with van der Waals surface area (Å²) in [5, 5.41) is 2.48. The maximum Gasteiger partial charge on any atom is 0.0561 e. The van der Waals surface area contributed by atoms with Crippen LogP contribution in [-0.4, -0.2) is 65.9 Å². The zero-order valence-electron chi connectivity index (χ0n) is 36.8. The quantitative estimate of drug-likeness (QED) is 0.191. The molecule has 0 bridgehead atoms. The molecule has 1 atom stereocenters. The molecule has 0 N–H and O–H groups in total. The maximum absolute atomic E-state index is 8.94. The van der Waals surface area contributed by atoms with Gasteiger partial charge in [-0.3, -0.25) is 0 Å². The molecular weight excluding hydrogens is 773 g/mol. The molecule has 0 aromatic heterocycles. The van der Waals surface area contributed by atoms with Gasteiger partial charge in [-0.1, -0.05) is 48.1 Å². The van der Waals surface area contributed by atoms with Crippen LogP contribution in [0.4, 0.5) is 0 Å². The van der Waals surface area contributed by atoms with Crippen molar-refractivity contribution in [1.29, 1.82) is 0 Å². The van der Waals surface area contributed by atoms with Gasteiger partial charge in [0, 0.05) is 0 Å². The maximum atomic E-state index is 8.94. The van der Waals surface area contributed by atoms with Gasteiger partial charge in [-0.05, 0) is 10.1 Å². The molecule has 0 aliphatic heterocycles. The van der Waals surface area contributed by atoms with Crippen LogP contribution in [0.5, 0.6) is 0 Å². The fraction of sp³-hybridized carbons (Fsp3) is 1.00. The average Bonchev–Trinajstić information content (AvgIpc) is 2.74. The molecule has 0 rings (SSSR count). The molecule has 0 spiro atoms. The van der Waals surface area contributed by atoms with E-state index in [0.29, 0.717) is 10.1 Å². The molecule has 0 saturated carbocycles. The van der Waals surface area contributed by atoms with Crippen LogP contribution in [0, 0.1) is 0 Å². The molecule has 0 unspecified atom stereocenters. The van der Waals surface area contributed by atoms with E-state index in [9.17, 15) is 0 Å². The fourth-order valence-electron chi connectivity index (χ4n) is 8.21. The Hall–Kier alpha value is 2.64. The molecule has 0 aromatic rings. The number of hydrogen-bond acceptors (Lipinski definition) is 0. The van der Waals surface area contributed by atoms with Gasteiger partial charge in [-0.2, -0.15) is 0 Å². The van der Waals surface area contributed by atoms with Crippen LogP contribution in [0.3, 0.4) is 0 Å². The molecule has 4 radical (unpaired) electrons. The van der Waals surface area contributed by atoms with E-state index in [1.807, 2.05) is 0 Å². The SMILES string of the molecule is CC(C)(C)[Si](C)([Si](Cl)[Si@](Cl)([Si](=[Ge])[Si](C)(C(C)(C)C)C(C)(C)C)[Si](C)(C(C)(C)C)C(C)(C)C)C(C)(C)C.C[Si](C(C)(C)C)C(C)(C)C. The van der Waals surface area contributed by atoms with Crippen molar-refractivity contribution in [2.75, 3.05) is 0 Å². The minimum absolute atomic E-state index is 0.201. The van der Waals surface area contributed by atoms with Crippen molar-refractivity contribution in [2.24, 2.45) is 0 Å². The minimum atomic E-state index is -2.49. The zero-order valence-corrected chi connectivity index (χ0v) is 47.4. The predicted octanol–water partition coefficient (Wildman–Crippen LogP) is 14.7. The topological polar surface area (TPSA) is 0 Å². The summed E-state index contributed by atoms with van der Waals surface area (Å²) in [5.74, 6) is -3.43. The summed E-state index contributed by atoms with van der Waals surface area (Å²) in [6.07, 6.45) is 0. The van der Waals surface area contributed by atoms with Crippen molar-refractivity contribution < 1.29 is 0 Å². The Morgan fingerprint density at radius 3 is 0.783 bits per heavy atom. The van der Waals surface area contributed by atoms with E-state index >= 15 is 0 Å². The normalized spacial score (nSPS) is 17.1. The monoisotopic (exact) mass is 856 g/mol. The first-order valence-electron chi connectivity index (χ1n) is 17.9. The molecule has 46 heavy (non-hydrogen) atoms. The van der Waals surface area contributed by atoms with Gasteiger partial charge in [0.05, 0.1) is 8.80 Å². The van der Waals surface area contributed by atoms with Gasteiger partial charge in [0.25, 0.3) is 0 Å². The molecule has 0 saturated heterocycles. The molecule has 0 heterocycles. The van der Waals surface area contributed by atoms with Crippen molar-refractivity contribution in [2.45, 2.75) is 233 Å². The number of hydrogen-bond donors (Lipinski definition) is 0. The predicted molar refractivity (Wildman–Crippen MR) is 239 cm³/mol. The Morgan fingerprint density at radius 1 is 0.435 bits per heavy atom. The molecule has 10 heteroatoms. The molecule has 274 valence electrons. The Bertz CT molecular complexity index is 978. The summed E-state index contributed by atoms with van der Waals surface area (Å²) in [6.45, 7) is 70.2. The third-order valence-electron chi connectivity index (χ3n) is 13.5. The van der Waals surface area contributed by atoms with Crippen molar-refractivity contribution in [3.05, 3.63) is 0 Å². The van der Waals surface area contributed by atoms with Crippen LogP contribution in [0.15, 0.2) is 0 Å². The van der Waals surface area contributed by atoms with Gasteiger partial charge in [0.2, 0.25) is 0 Å². The molecular formula is C36H84Cl2GeSi7. The fourth-order valence-corrected chi connectivity index (χ4v) is 225. The number of halogens is 2. The molecule has 0 aromatic carbocycles. The van der Waals surface area contributed by atoms with Crippen molar-refractivity contribution in [1.82, 2.24) is 0 Å². The van der Waals surface area contributed by atoms with Gasteiger partial charge in [0.15, 0.2) is 0 Å². The third-order valence-corrected chi connectivity index (χ3v) is 159. The summed E-state index contributed by atoms with van der Waals surface area (Å²) in [5.41, 5.74) is 0. The van der Waals surface area contributed by atoms with Gasteiger partial charge < -0.3 is 0 Å². The zero-order chi connectivity index (χ0) is 38.7. The smallest absolute Gasteiger partial charge is 0.0561 e. The summed E-state index contributed by atoms with van der Waals surface area (Å²) in [4.78, 5) is 0. The van der Waals surface area contributed by atoms with Gasteiger partial charge in [0.1, 0.15) is 0 Å². The van der Waals surface area contributed by atoms with E-state index in [-0.39, 0.29) is 39.0 Å².